The number of ketones is 1. The fourth-order valence-electron chi connectivity index (χ4n) is 3.96. The van der Waals surface area contributed by atoms with Crippen molar-refractivity contribution in [2.75, 3.05) is 19.6 Å². The molecule has 0 spiro atoms. The highest BCUT2D eigenvalue weighted by Gasteiger charge is 2.36. The second kappa shape index (κ2) is 9.08. The molecule has 0 bridgehead atoms. The molecule has 0 aliphatic carbocycles. The van der Waals surface area contributed by atoms with Crippen molar-refractivity contribution in [3.8, 4) is 0 Å². The average Bonchev–Trinajstić information content (AvgIpc) is 2.69. The van der Waals surface area contributed by atoms with E-state index < -0.39 is 17.3 Å². The summed E-state index contributed by atoms with van der Waals surface area (Å²) in [6.07, 6.45) is -2.61. The number of piperidine rings is 1. The Bertz CT molecular complexity index is 906. The van der Waals surface area contributed by atoms with Crippen molar-refractivity contribution in [1.82, 2.24) is 4.90 Å². The molecule has 162 valence electrons. The van der Waals surface area contributed by atoms with Crippen LogP contribution in [0.5, 0.6) is 0 Å². The molecule has 3 nitrogen and oxygen atoms in total. The standard InChI is InChI=1S/C23H25ClF3NO2/c1-16-14-19(24)7-8-20(16)21(29)6-3-11-28-12-9-22(30,10-13-28)17-4-2-5-18(15-17)23(25,26)27/h2,4-5,7-8,14-15,30H,3,6,9-13H2,1H3. The van der Waals surface area contributed by atoms with E-state index in [-0.39, 0.29) is 5.78 Å². The minimum absolute atomic E-state index is 0.0710. The van der Waals surface area contributed by atoms with Crippen LogP contribution >= 0.6 is 11.6 Å². The van der Waals surface area contributed by atoms with E-state index >= 15 is 0 Å². The number of benzene rings is 2. The number of carbonyl (C=O) groups excluding carboxylic acids is 1. The molecule has 30 heavy (non-hydrogen) atoms. The van der Waals surface area contributed by atoms with E-state index in [2.05, 4.69) is 4.90 Å². The van der Waals surface area contributed by atoms with Crippen molar-refractivity contribution in [3.63, 3.8) is 0 Å². The fourth-order valence-corrected chi connectivity index (χ4v) is 4.18. The molecule has 7 heteroatoms. The third-order valence-electron chi connectivity index (χ3n) is 5.78. The van der Waals surface area contributed by atoms with Crippen molar-refractivity contribution in [2.24, 2.45) is 0 Å². The van der Waals surface area contributed by atoms with Crippen LogP contribution < -0.4 is 0 Å². The Morgan fingerprint density at radius 1 is 1.17 bits per heavy atom. The number of nitrogens with zero attached hydrogens (tertiary/aromatic N) is 1. The Labute approximate surface area is 179 Å². The van der Waals surface area contributed by atoms with E-state index in [1.807, 2.05) is 6.92 Å². The lowest BCUT2D eigenvalue weighted by atomic mass is 9.83. The van der Waals surface area contributed by atoms with Crippen molar-refractivity contribution in [1.29, 1.82) is 0 Å². The first-order valence-electron chi connectivity index (χ1n) is 10.0. The van der Waals surface area contributed by atoms with Gasteiger partial charge in [0.25, 0.3) is 0 Å². The van der Waals surface area contributed by atoms with Gasteiger partial charge in [-0.3, -0.25) is 4.79 Å². The lowest BCUT2D eigenvalue weighted by molar-refractivity contribution is -0.137. The number of rotatable bonds is 6. The van der Waals surface area contributed by atoms with Gasteiger partial charge in [-0.15, -0.1) is 0 Å². The minimum Gasteiger partial charge on any atom is -0.385 e. The third kappa shape index (κ3) is 5.42. The van der Waals surface area contributed by atoms with E-state index in [4.69, 9.17) is 11.6 Å². The van der Waals surface area contributed by atoms with Crippen LogP contribution in [0.1, 0.15) is 52.7 Å². The zero-order chi connectivity index (χ0) is 21.9. The Hall–Kier alpha value is -1.89. The Kier molecular flexibility index (Phi) is 6.90. The predicted molar refractivity (Wildman–Crippen MR) is 111 cm³/mol. The molecule has 0 aromatic heterocycles. The molecule has 3 rings (SSSR count). The van der Waals surface area contributed by atoms with Crippen LogP contribution in [-0.4, -0.2) is 35.4 Å². The molecule has 0 unspecified atom stereocenters. The Morgan fingerprint density at radius 2 is 1.87 bits per heavy atom. The number of aliphatic hydroxyl groups is 1. The molecule has 1 N–H and O–H groups in total. The maximum Gasteiger partial charge on any atom is 0.416 e. The summed E-state index contributed by atoms with van der Waals surface area (Å²) in [6, 6.07) is 10.2. The van der Waals surface area contributed by atoms with E-state index in [0.29, 0.717) is 61.5 Å². The van der Waals surface area contributed by atoms with Crippen LogP contribution in [0, 0.1) is 6.92 Å². The van der Waals surface area contributed by atoms with Crippen LogP contribution in [0.4, 0.5) is 13.2 Å². The lowest BCUT2D eigenvalue weighted by Crippen LogP contribution is -2.43. The second-order valence-corrected chi connectivity index (χ2v) is 8.37. The Morgan fingerprint density at radius 3 is 2.50 bits per heavy atom. The molecule has 0 saturated carbocycles. The molecule has 1 heterocycles. The van der Waals surface area contributed by atoms with Gasteiger partial charge in [-0.25, -0.2) is 0 Å². The minimum atomic E-state index is -4.43. The molecule has 0 amide bonds. The van der Waals surface area contributed by atoms with Crippen LogP contribution in [0.3, 0.4) is 0 Å². The number of carbonyl (C=O) groups is 1. The molecule has 0 radical (unpaired) electrons. The van der Waals surface area contributed by atoms with Gasteiger partial charge in [-0.05, 0) is 74.2 Å². The van der Waals surface area contributed by atoms with Gasteiger partial charge in [-0.2, -0.15) is 13.2 Å². The zero-order valence-electron chi connectivity index (χ0n) is 16.8. The van der Waals surface area contributed by atoms with Gasteiger partial charge in [0, 0.05) is 30.1 Å². The third-order valence-corrected chi connectivity index (χ3v) is 6.01. The van der Waals surface area contributed by atoms with Crippen molar-refractivity contribution in [3.05, 3.63) is 69.7 Å². The maximum atomic E-state index is 13.0. The first-order valence-corrected chi connectivity index (χ1v) is 10.4. The van der Waals surface area contributed by atoms with E-state index in [0.717, 1.165) is 17.7 Å². The van der Waals surface area contributed by atoms with E-state index in [9.17, 15) is 23.1 Å². The normalized spacial score (nSPS) is 17.1. The van der Waals surface area contributed by atoms with Gasteiger partial charge in [0.05, 0.1) is 11.2 Å². The van der Waals surface area contributed by atoms with Gasteiger partial charge in [0.15, 0.2) is 5.78 Å². The quantitative estimate of drug-likeness (QED) is 0.594. The van der Waals surface area contributed by atoms with E-state index in [1.165, 1.54) is 6.07 Å². The highest BCUT2D eigenvalue weighted by atomic mass is 35.5. The SMILES string of the molecule is Cc1cc(Cl)ccc1C(=O)CCCN1CCC(O)(c2cccc(C(F)(F)F)c2)CC1. The van der Waals surface area contributed by atoms with Gasteiger partial charge in [-0.1, -0.05) is 23.7 Å². The van der Waals surface area contributed by atoms with Crippen LogP contribution in [0.2, 0.25) is 5.02 Å². The predicted octanol–water partition coefficient (Wildman–Crippen LogP) is 5.61. The molecule has 2 aromatic rings. The first kappa shape index (κ1) is 22.8. The van der Waals surface area contributed by atoms with Gasteiger partial charge in [0.2, 0.25) is 0 Å². The number of hydrogen-bond acceptors (Lipinski definition) is 3. The van der Waals surface area contributed by atoms with Gasteiger partial charge >= 0.3 is 6.18 Å². The maximum absolute atomic E-state index is 13.0. The topological polar surface area (TPSA) is 40.5 Å². The number of alkyl halides is 3. The lowest BCUT2D eigenvalue weighted by Gasteiger charge is -2.38. The number of hydrogen-bond donors (Lipinski definition) is 1. The van der Waals surface area contributed by atoms with Crippen molar-refractivity contribution < 1.29 is 23.1 Å². The molecular weight excluding hydrogens is 415 g/mol. The van der Waals surface area contributed by atoms with Gasteiger partial charge < -0.3 is 10.0 Å². The average molecular weight is 440 g/mol. The van der Waals surface area contributed by atoms with Crippen LogP contribution in [0.15, 0.2) is 42.5 Å². The highest BCUT2D eigenvalue weighted by molar-refractivity contribution is 6.30. The molecule has 1 aliphatic heterocycles. The zero-order valence-corrected chi connectivity index (χ0v) is 17.6. The molecule has 1 fully saturated rings. The van der Waals surface area contributed by atoms with E-state index in [1.54, 1.807) is 24.3 Å². The summed E-state index contributed by atoms with van der Waals surface area (Å²) < 4.78 is 38.9. The second-order valence-electron chi connectivity index (χ2n) is 7.94. The van der Waals surface area contributed by atoms with Crippen LogP contribution in [-0.2, 0) is 11.8 Å². The summed E-state index contributed by atoms with van der Waals surface area (Å²) >= 11 is 5.93. The summed E-state index contributed by atoms with van der Waals surface area (Å²) in [7, 11) is 0. The summed E-state index contributed by atoms with van der Waals surface area (Å²) in [4.78, 5) is 14.6. The molecule has 1 saturated heterocycles. The first-order chi connectivity index (χ1) is 14.1. The monoisotopic (exact) mass is 439 g/mol. The summed E-state index contributed by atoms with van der Waals surface area (Å²) in [5, 5.41) is 11.5. The number of likely N-dealkylation sites (tertiary alicyclic amines) is 1. The van der Waals surface area contributed by atoms with Crippen molar-refractivity contribution in [2.45, 2.75) is 44.4 Å². The summed E-state index contributed by atoms with van der Waals surface area (Å²) in [5.41, 5.74) is -0.153. The fraction of sp³-hybridized carbons (Fsp3) is 0.435. The van der Waals surface area contributed by atoms with Crippen LogP contribution in [0.25, 0.3) is 0 Å². The highest BCUT2D eigenvalue weighted by Crippen LogP contribution is 2.36. The number of aryl methyl sites for hydroxylation is 1. The number of halogens is 4. The molecule has 0 atom stereocenters. The van der Waals surface area contributed by atoms with Gasteiger partial charge in [0.1, 0.15) is 0 Å². The molecule has 2 aromatic carbocycles. The van der Waals surface area contributed by atoms with Crippen molar-refractivity contribution >= 4 is 17.4 Å². The largest absolute Gasteiger partial charge is 0.416 e. The Balaban J connectivity index is 1.51. The summed E-state index contributed by atoms with van der Waals surface area (Å²) in [5.74, 6) is 0.0710. The molecular formula is C23H25ClF3NO2. The smallest absolute Gasteiger partial charge is 0.385 e. The molecule has 1 aliphatic rings. The number of Topliss-reactive ketones (excluding diaryl/α,β-unsaturated/α-hetero) is 1. The summed E-state index contributed by atoms with van der Waals surface area (Å²) in [6.45, 7) is 3.71.